The van der Waals surface area contributed by atoms with Crippen LogP contribution in [0, 0.1) is 5.92 Å². The van der Waals surface area contributed by atoms with Gasteiger partial charge in [-0.05, 0) is 18.9 Å². The summed E-state index contributed by atoms with van der Waals surface area (Å²) in [5.41, 5.74) is 2.20. The standard InChI is InChI=1S/C11H13Cl2N3O3S/c12-8-5-9(10(13)14-6-8)20(18,19)16-15-11(17)7-3-1-2-4-7/h5-7,16H,1-4H2,(H,15,17). The number of aromatic nitrogens is 1. The number of halogens is 2. The van der Waals surface area contributed by atoms with Crippen LogP contribution in [0.1, 0.15) is 25.7 Å². The predicted octanol–water partition coefficient (Wildman–Crippen LogP) is 1.89. The molecule has 1 aliphatic carbocycles. The fourth-order valence-corrected chi connectivity index (χ4v) is 3.59. The number of hydrazine groups is 1. The number of nitrogens with zero attached hydrogens (tertiary/aromatic N) is 1. The summed E-state index contributed by atoms with van der Waals surface area (Å²) in [4.78, 5) is 17.1. The number of hydrogen-bond donors (Lipinski definition) is 2. The molecule has 0 saturated heterocycles. The third kappa shape index (κ3) is 3.60. The zero-order valence-electron chi connectivity index (χ0n) is 10.4. The Kier molecular flexibility index (Phi) is 4.85. The van der Waals surface area contributed by atoms with Gasteiger partial charge in [0.05, 0.1) is 5.02 Å². The van der Waals surface area contributed by atoms with E-state index in [1.54, 1.807) is 0 Å². The maximum Gasteiger partial charge on any atom is 0.260 e. The van der Waals surface area contributed by atoms with Gasteiger partial charge in [-0.1, -0.05) is 36.0 Å². The molecule has 20 heavy (non-hydrogen) atoms. The maximum absolute atomic E-state index is 12.0. The van der Waals surface area contributed by atoms with Crippen LogP contribution in [0.3, 0.4) is 0 Å². The molecule has 1 fully saturated rings. The largest absolute Gasteiger partial charge is 0.277 e. The average Bonchev–Trinajstić information content (AvgIpc) is 2.93. The Bertz CT molecular complexity index is 615. The van der Waals surface area contributed by atoms with Crippen LogP contribution in [0.15, 0.2) is 17.2 Å². The molecular formula is C11H13Cl2N3O3S. The van der Waals surface area contributed by atoms with Gasteiger partial charge in [-0.25, -0.2) is 13.4 Å². The second-order valence-electron chi connectivity index (χ2n) is 4.52. The highest BCUT2D eigenvalue weighted by atomic mass is 35.5. The lowest BCUT2D eigenvalue weighted by Gasteiger charge is -2.12. The molecule has 2 rings (SSSR count). The summed E-state index contributed by atoms with van der Waals surface area (Å²) in [5.74, 6) is -0.483. The minimum Gasteiger partial charge on any atom is -0.277 e. The zero-order chi connectivity index (χ0) is 14.8. The summed E-state index contributed by atoms with van der Waals surface area (Å²) in [6, 6.07) is 1.17. The number of sulfonamides is 1. The molecular weight excluding hydrogens is 325 g/mol. The topological polar surface area (TPSA) is 88.2 Å². The van der Waals surface area contributed by atoms with Crippen LogP contribution in [-0.4, -0.2) is 19.3 Å². The van der Waals surface area contributed by atoms with E-state index in [4.69, 9.17) is 23.2 Å². The van der Waals surface area contributed by atoms with E-state index in [-0.39, 0.29) is 26.9 Å². The number of nitrogens with one attached hydrogen (secondary N) is 2. The third-order valence-electron chi connectivity index (χ3n) is 3.10. The van der Waals surface area contributed by atoms with Gasteiger partial charge in [-0.2, -0.15) is 0 Å². The Morgan fingerprint density at radius 3 is 2.60 bits per heavy atom. The first-order valence-electron chi connectivity index (χ1n) is 6.03. The van der Waals surface area contributed by atoms with Crippen LogP contribution in [0.2, 0.25) is 10.2 Å². The first-order chi connectivity index (χ1) is 9.40. The Morgan fingerprint density at radius 1 is 1.30 bits per heavy atom. The lowest BCUT2D eigenvalue weighted by atomic mass is 10.1. The lowest BCUT2D eigenvalue weighted by molar-refractivity contribution is -0.125. The molecule has 1 amide bonds. The van der Waals surface area contributed by atoms with E-state index in [2.05, 4.69) is 10.4 Å². The first kappa shape index (κ1) is 15.5. The zero-order valence-corrected chi connectivity index (χ0v) is 12.7. The molecule has 0 aromatic carbocycles. The summed E-state index contributed by atoms with van der Waals surface area (Å²) in [6.07, 6.45) is 4.74. The van der Waals surface area contributed by atoms with E-state index in [0.29, 0.717) is 0 Å². The molecule has 0 unspecified atom stereocenters. The highest BCUT2D eigenvalue weighted by Gasteiger charge is 2.25. The van der Waals surface area contributed by atoms with Crippen LogP contribution < -0.4 is 10.3 Å². The Hall–Kier alpha value is -0.890. The van der Waals surface area contributed by atoms with Crippen LogP contribution in [0.5, 0.6) is 0 Å². The van der Waals surface area contributed by atoms with Crippen LogP contribution in [0.4, 0.5) is 0 Å². The van der Waals surface area contributed by atoms with E-state index in [1.807, 2.05) is 4.83 Å². The number of carbonyl (C=O) groups excluding carboxylic acids is 1. The molecule has 1 heterocycles. The molecule has 0 atom stereocenters. The minimum absolute atomic E-state index is 0.136. The van der Waals surface area contributed by atoms with Crippen molar-refractivity contribution in [3.8, 4) is 0 Å². The van der Waals surface area contributed by atoms with Crippen molar-refractivity contribution in [2.75, 3.05) is 0 Å². The third-order valence-corrected chi connectivity index (χ3v) is 4.98. The quantitative estimate of drug-likeness (QED) is 0.648. The SMILES string of the molecule is O=C(NNS(=O)(=O)c1cc(Cl)cnc1Cl)C1CCCC1. The van der Waals surface area contributed by atoms with Gasteiger partial charge >= 0.3 is 0 Å². The van der Waals surface area contributed by atoms with E-state index < -0.39 is 10.0 Å². The van der Waals surface area contributed by atoms with E-state index in [1.165, 1.54) is 12.3 Å². The van der Waals surface area contributed by atoms with Gasteiger partial charge in [-0.15, -0.1) is 4.83 Å². The maximum atomic E-state index is 12.0. The van der Waals surface area contributed by atoms with E-state index >= 15 is 0 Å². The monoisotopic (exact) mass is 337 g/mol. The molecule has 0 radical (unpaired) electrons. The minimum atomic E-state index is -4.00. The summed E-state index contributed by atoms with van der Waals surface area (Å²) in [7, 11) is -4.00. The molecule has 9 heteroatoms. The summed E-state index contributed by atoms with van der Waals surface area (Å²) in [6.45, 7) is 0. The van der Waals surface area contributed by atoms with Gasteiger partial charge < -0.3 is 0 Å². The van der Waals surface area contributed by atoms with Crippen molar-refractivity contribution in [1.82, 2.24) is 15.2 Å². The first-order valence-corrected chi connectivity index (χ1v) is 8.27. The van der Waals surface area contributed by atoms with Crippen molar-refractivity contribution in [1.29, 1.82) is 0 Å². The molecule has 6 nitrogen and oxygen atoms in total. The van der Waals surface area contributed by atoms with Gasteiger partial charge in [0.15, 0.2) is 0 Å². The summed E-state index contributed by atoms with van der Waals surface area (Å²) >= 11 is 11.4. The number of pyridine rings is 1. The molecule has 1 aliphatic rings. The van der Waals surface area contributed by atoms with Gasteiger partial charge in [-0.3, -0.25) is 10.2 Å². The second kappa shape index (κ2) is 6.26. The van der Waals surface area contributed by atoms with Crippen molar-refractivity contribution in [3.63, 3.8) is 0 Å². The van der Waals surface area contributed by atoms with Gasteiger partial charge in [0.2, 0.25) is 5.91 Å². The van der Waals surface area contributed by atoms with Crippen LogP contribution in [0.25, 0.3) is 0 Å². The Labute approximate surface area is 126 Å². The number of hydrogen-bond acceptors (Lipinski definition) is 4. The molecule has 0 spiro atoms. The van der Waals surface area contributed by atoms with Crippen molar-refractivity contribution >= 4 is 39.1 Å². The van der Waals surface area contributed by atoms with Crippen LogP contribution in [-0.2, 0) is 14.8 Å². The fourth-order valence-electron chi connectivity index (χ4n) is 2.05. The van der Waals surface area contributed by atoms with E-state index in [0.717, 1.165) is 25.7 Å². The van der Waals surface area contributed by atoms with Gasteiger partial charge in [0, 0.05) is 12.1 Å². The van der Waals surface area contributed by atoms with Crippen molar-refractivity contribution < 1.29 is 13.2 Å². The highest BCUT2D eigenvalue weighted by Crippen LogP contribution is 2.25. The number of rotatable bonds is 4. The molecule has 0 bridgehead atoms. The Balaban J connectivity index is 2.07. The lowest BCUT2D eigenvalue weighted by Crippen LogP contribution is -2.44. The number of amides is 1. The fraction of sp³-hybridized carbons (Fsp3) is 0.455. The number of carbonyl (C=O) groups is 1. The van der Waals surface area contributed by atoms with E-state index in [9.17, 15) is 13.2 Å². The molecule has 1 saturated carbocycles. The van der Waals surface area contributed by atoms with Crippen LogP contribution >= 0.6 is 23.2 Å². The Morgan fingerprint density at radius 2 is 1.95 bits per heavy atom. The molecule has 2 N–H and O–H groups in total. The van der Waals surface area contributed by atoms with Crippen molar-refractivity contribution in [2.24, 2.45) is 5.92 Å². The molecule has 1 aromatic heterocycles. The normalized spacial score (nSPS) is 16.3. The summed E-state index contributed by atoms with van der Waals surface area (Å²) < 4.78 is 24.0. The van der Waals surface area contributed by atoms with Gasteiger partial charge in [0.1, 0.15) is 10.0 Å². The molecule has 0 aliphatic heterocycles. The van der Waals surface area contributed by atoms with Gasteiger partial charge in [0.25, 0.3) is 10.0 Å². The average molecular weight is 338 g/mol. The van der Waals surface area contributed by atoms with Crippen molar-refractivity contribution in [3.05, 3.63) is 22.4 Å². The smallest absolute Gasteiger partial charge is 0.260 e. The summed E-state index contributed by atoms with van der Waals surface area (Å²) in [5, 5.41) is -0.0751. The van der Waals surface area contributed by atoms with Crippen molar-refractivity contribution in [2.45, 2.75) is 30.6 Å². The second-order valence-corrected chi connectivity index (χ2v) is 6.96. The molecule has 110 valence electrons. The molecule has 1 aromatic rings. The predicted molar refractivity (Wildman–Crippen MR) is 74.7 cm³/mol. The highest BCUT2D eigenvalue weighted by molar-refractivity contribution is 7.89.